The van der Waals surface area contributed by atoms with Crippen LogP contribution in [0, 0.1) is 0 Å². The largest absolute Gasteiger partial charge is 0.372 e. The van der Waals surface area contributed by atoms with Crippen molar-refractivity contribution >= 4 is 5.82 Å². The van der Waals surface area contributed by atoms with Gasteiger partial charge in [0.15, 0.2) is 0 Å². The highest BCUT2D eigenvalue weighted by atomic mass is 15.2. The molecule has 1 N–H and O–H groups in total. The maximum atomic E-state index is 4.21. The number of hydrogen-bond acceptors (Lipinski definition) is 5. The Morgan fingerprint density at radius 3 is 2.93 bits per heavy atom. The predicted molar refractivity (Wildman–Crippen MR) is 52.6 cm³/mol. The molecule has 0 aliphatic heterocycles. The molecule has 0 aliphatic carbocycles. The number of anilines is 1. The Hall–Kier alpha value is -2.04. The monoisotopic (exact) mass is 187 g/mol. The molecule has 0 bridgehead atoms. The van der Waals surface area contributed by atoms with Gasteiger partial charge >= 0.3 is 0 Å². The molecule has 0 spiro atoms. The summed E-state index contributed by atoms with van der Waals surface area (Å²) in [7, 11) is 1.78. The van der Waals surface area contributed by atoms with Gasteiger partial charge in [-0.3, -0.25) is 4.98 Å². The Morgan fingerprint density at radius 1 is 1.29 bits per heavy atom. The highest BCUT2D eigenvalue weighted by molar-refractivity contribution is 5.50. The zero-order valence-electron chi connectivity index (χ0n) is 7.68. The van der Waals surface area contributed by atoms with Crippen molar-refractivity contribution < 1.29 is 0 Å². The van der Waals surface area contributed by atoms with Crippen LogP contribution in [-0.2, 0) is 0 Å². The van der Waals surface area contributed by atoms with Gasteiger partial charge in [-0.25, -0.2) is 4.98 Å². The van der Waals surface area contributed by atoms with Gasteiger partial charge in [0.1, 0.15) is 11.5 Å². The van der Waals surface area contributed by atoms with E-state index in [1.807, 2.05) is 18.2 Å². The molecule has 70 valence electrons. The van der Waals surface area contributed by atoms with Crippen molar-refractivity contribution in [2.24, 2.45) is 0 Å². The van der Waals surface area contributed by atoms with Crippen LogP contribution in [0.25, 0.3) is 11.5 Å². The zero-order chi connectivity index (χ0) is 9.80. The summed E-state index contributed by atoms with van der Waals surface area (Å²) >= 11 is 0. The van der Waals surface area contributed by atoms with Gasteiger partial charge in [0, 0.05) is 13.2 Å². The quantitative estimate of drug-likeness (QED) is 0.759. The van der Waals surface area contributed by atoms with Crippen molar-refractivity contribution in [3.8, 4) is 11.5 Å². The molecule has 0 unspecified atom stereocenters. The smallest absolute Gasteiger partial charge is 0.202 e. The molecule has 0 aromatic carbocycles. The fourth-order valence-electron chi connectivity index (χ4n) is 1.03. The molecule has 0 saturated heterocycles. The Bertz CT molecular complexity index is 415. The minimum Gasteiger partial charge on any atom is -0.372 e. The Morgan fingerprint density at radius 2 is 2.21 bits per heavy atom. The van der Waals surface area contributed by atoms with E-state index in [4.69, 9.17) is 0 Å². The zero-order valence-corrected chi connectivity index (χ0v) is 7.68. The fraction of sp³-hybridized carbons (Fsp3) is 0.111. The summed E-state index contributed by atoms with van der Waals surface area (Å²) in [6, 6.07) is 5.58. The van der Waals surface area contributed by atoms with E-state index in [9.17, 15) is 0 Å². The van der Waals surface area contributed by atoms with Crippen molar-refractivity contribution in [1.82, 2.24) is 20.2 Å². The third-order valence-corrected chi connectivity index (χ3v) is 1.71. The summed E-state index contributed by atoms with van der Waals surface area (Å²) in [6.45, 7) is 0. The number of nitrogens with one attached hydrogen (secondary N) is 1. The average molecular weight is 187 g/mol. The van der Waals surface area contributed by atoms with E-state index in [1.54, 1.807) is 19.4 Å². The van der Waals surface area contributed by atoms with E-state index >= 15 is 0 Å². The van der Waals surface area contributed by atoms with E-state index in [0.717, 1.165) is 5.69 Å². The van der Waals surface area contributed by atoms with Crippen molar-refractivity contribution in [1.29, 1.82) is 0 Å². The molecule has 2 rings (SSSR count). The molecular formula is C9H9N5. The molecule has 5 heteroatoms. The fourth-order valence-corrected chi connectivity index (χ4v) is 1.03. The molecule has 2 aromatic heterocycles. The summed E-state index contributed by atoms with van der Waals surface area (Å²) < 4.78 is 0. The minimum atomic E-state index is 0.525. The molecule has 0 saturated carbocycles. The maximum absolute atomic E-state index is 4.21. The third kappa shape index (κ3) is 1.66. The van der Waals surface area contributed by atoms with Gasteiger partial charge in [-0.05, 0) is 12.1 Å². The van der Waals surface area contributed by atoms with Crippen LogP contribution in [0.15, 0.2) is 30.6 Å². The number of hydrogen-bond donors (Lipinski definition) is 1. The lowest BCUT2D eigenvalue weighted by Crippen LogP contribution is -1.99. The lowest BCUT2D eigenvalue weighted by atomic mass is 10.3. The van der Waals surface area contributed by atoms with Crippen LogP contribution in [0.1, 0.15) is 0 Å². The van der Waals surface area contributed by atoms with Crippen molar-refractivity contribution in [2.45, 2.75) is 0 Å². The summed E-state index contributed by atoms with van der Waals surface area (Å²) in [4.78, 5) is 8.35. The second-order valence-corrected chi connectivity index (χ2v) is 2.63. The van der Waals surface area contributed by atoms with Crippen LogP contribution in [0.2, 0.25) is 0 Å². The third-order valence-electron chi connectivity index (χ3n) is 1.71. The van der Waals surface area contributed by atoms with E-state index in [1.165, 1.54) is 0 Å². The predicted octanol–water partition coefficient (Wildman–Crippen LogP) is 0.975. The first-order valence-electron chi connectivity index (χ1n) is 4.19. The first-order valence-corrected chi connectivity index (χ1v) is 4.19. The van der Waals surface area contributed by atoms with Gasteiger partial charge in [-0.2, -0.15) is 5.10 Å². The van der Waals surface area contributed by atoms with Gasteiger partial charge in [-0.15, -0.1) is 5.10 Å². The average Bonchev–Trinajstić information content (AvgIpc) is 2.30. The number of nitrogens with zero attached hydrogens (tertiary/aromatic N) is 4. The number of rotatable bonds is 2. The van der Waals surface area contributed by atoms with Gasteiger partial charge in [0.25, 0.3) is 0 Å². The molecule has 0 fully saturated rings. The lowest BCUT2D eigenvalue weighted by Gasteiger charge is -2.00. The van der Waals surface area contributed by atoms with E-state index in [0.29, 0.717) is 11.6 Å². The number of pyridine rings is 1. The van der Waals surface area contributed by atoms with Gasteiger partial charge in [0.2, 0.25) is 5.82 Å². The first kappa shape index (κ1) is 8.55. The van der Waals surface area contributed by atoms with Crippen molar-refractivity contribution in [3.05, 3.63) is 30.6 Å². The van der Waals surface area contributed by atoms with Crippen molar-refractivity contribution in [3.63, 3.8) is 0 Å². The van der Waals surface area contributed by atoms with E-state index in [-0.39, 0.29) is 0 Å². The topological polar surface area (TPSA) is 63.6 Å². The molecule has 0 atom stereocenters. The van der Waals surface area contributed by atoms with Crippen LogP contribution in [0.3, 0.4) is 0 Å². The summed E-state index contributed by atoms with van der Waals surface area (Å²) in [5.74, 6) is 1.21. The van der Waals surface area contributed by atoms with Crippen LogP contribution in [0.5, 0.6) is 0 Å². The summed E-state index contributed by atoms with van der Waals surface area (Å²) in [5.41, 5.74) is 0.720. The molecule has 2 heterocycles. The molecule has 0 amide bonds. The van der Waals surface area contributed by atoms with Crippen LogP contribution in [0.4, 0.5) is 5.82 Å². The van der Waals surface area contributed by atoms with Crippen LogP contribution in [-0.4, -0.2) is 27.2 Å². The van der Waals surface area contributed by atoms with E-state index < -0.39 is 0 Å². The van der Waals surface area contributed by atoms with Crippen molar-refractivity contribution in [2.75, 3.05) is 12.4 Å². The first-order chi connectivity index (χ1) is 6.90. The molecule has 0 aliphatic rings. The SMILES string of the molecule is CNc1cnnc(-c2ccccn2)n1. The molecule has 2 aromatic rings. The molecule has 14 heavy (non-hydrogen) atoms. The lowest BCUT2D eigenvalue weighted by molar-refractivity contribution is 0.972. The standard InChI is InChI=1S/C9H9N5/c1-10-8-6-12-14-9(13-8)7-4-2-3-5-11-7/h2-6H,1H3,(H,10,13,14). The Balaban J connectivity index is 2.42. The Labute approximate surface area is 81.3 Å². The highest BCUT2D eigenvalue weighted by Gasteiger charge is 2.02. The maximum Gasteiger partial charge on any atom is 0.202 e. The molecule has 5 nitrogen and oxygen atoms in total. The number of aromatic nitrogens is 4. The summed E-state index contributed by atoms with van der Waals surface area (Å²) in [5, 5.41) is 10.6. The van der Waals surface area contributed by atoms with Gasteiger partial charge < -0.3 is 5.32 Å². The van der Waals surface area contributed by atoms with Gasteiger partial charge in [-0.1, -0.05) is 6.07 Å². The summed E-state index contributed by atoms with van der Waals surface area (Å²) in [6.07, 6.45) is 3.26. The molecular weight excluding hydrogens is 178 g/mol. The van der Waals surface area contributed by atoms with Crippen LogP contribution < -0.4 is 5.32 Å². The van der Waals surface area contributed by atoms with Crippen LogP contribution >= 0.6 is 0 Å². The van der Waals surface area contributed by atoms with E-state index in [2.05, 4.69) is 25.5 Å². The van der Waals surface area contributed by atoms with Gasteiger partial charge in [0.05, 0.1) is 6.20 Å². The minimum absolute atomic E-state index is 0.525. The Kier molecular flexibility index (Phi) is 2.31. The molecule has 0 radical (unpaired) electrons. The highest BCUT2D eigenvalue weighted by Crippen LogP contribution is 2.10. The second kappa shape index (κ2) is 3.78. The second-order valence-electron chi connectivity index (χ2n) is 2.63. The normalized spacial score (nSPS) is 9.79.